The molecule has 186 valence electrons. The Labute approximate surface area is 211 Å². The predicted octanol–water partition coefficient (Wildman–Crippen LogP) is 6.84. The lowest BCUT2D eigenvalue weighted by molar-refractivity contribution is -0.143. The number of thioether (sulfide) groups is 2. The van der Waals surface area contributed by atoms with Gasteiger partial charge in [-0.1, -0.05) is 60.7 Å². The van der Waals surface area contributed by atoms with Crippen molar-refractivity contribution >= 4 is 37.3 Å². The minimum absolute atomic E-state index is 0.131. The highest BCUT2D eigenvalue weighted by molar-refractivity contribution is 8.19. The second kappa shape index (κ2) is 14.3. The highest BCUT2D eigenvalue weighted by Crippen LogP contribution is 2.51. The van der Waals surface area contributed by atoms with E-state index < -0.39 is 11.9 Å². The molecule has 1 aliphatic rings. The number of carbonyl (C=O) groups excluding carboxylic acids is 1. The fraction of sp³-hybridized carbons (Fsp3) is 0.480. The Morgan fingerprint density at radius 3 is 1.97 bits per heavy atom. The van der Waals surface area contributed by atoms with Crippen molar-refractivity contribution < 1.29 is 27.7 Å². The molecule has 9 heteroatoms. The largest absolute Gasteiger partial charge is 0.475 e. The zero-order valence-corrected chi connectivity index (χ0v) is 22.1. The number of ether oxygens (including phenoxy) is 1. The van der Waals surface area contributed by atoms with E-state index in [2.05, 4.69) is 0 Å². The summed E-state index contributed by atoms with van der Waals surface area (Å²) in [5.41, 5.74) is 1.77. The van der Waals surface area contributed by atoms with Crippen molar-refractivity contribution in [1.82, 2.24) is 0 Å². The summed E-state index contributed by atoms with van der Waals surface area (Å²) in [6.07, 6.45) is 3.16. The van der Waals surface area contributed by atoms with E-state index in [9.17, 15) is 9.36 Å². The summed E-state index contributed by atoms with van der Waals surface area (Å²) in [5, 5.41) is 0. The Hall–Kier alpha value is -1.28. The van der Waals surface area contributed by atoms with E-state index in [1.165, 1.54) is 0 Å². The molecule has 0 aliphatic carbocycles. The van der Waals surface area contributed by atoms with Gasteiger partial charge < -0.3 is 4.74 Å². The zero-order valence-electron chi connectivity index (χ0n) is 19.6. The van der Waals surface area contributed by atoms with E-state index in [0.717, 1.165) is 35.5 Å². The van der Waals surface area contributed by atoms with Crippen LogP contribution < -0.4 is 0 Å². The molecule has 1 saturated heterocycles. The van der Waals surface area contributed by atoms with Gasteiger partial charge in [-0.25, -0.2) is 9.36 Å². The number of hydrogen-bond donors (Lipinski definition) is 0. The first-order valence-electron chi connectivity index (χ1n) is 11.6. The first kappa shape index (κ1) is 27.3. The second-order valence-electron chi connectivity index (χ2n) is 7.78. The third-order valence-corrected chi connectivity index (χ3v) is 9.92. The molecule has 0 bridgehead atoms. The molecule has 0 N–H and O–H groups in total. The fourth-order valence-electron chi connectivity index (χ4n) is 3.38. The third-order valence-electron chi connectivity index (χ3n) is 5.16. The van der Waals surface area contributed by atoms with E-state index >= 15 is 0 Å². The van der Waals surface area contributed by atoms with E-state index in [0.29, 0.717) is 19.4 Å². The molecule has 0 unspecified atom stereocenters. The Morgan fingerprint density at radius 2 is 1.44 bits per heavy atom. The Morgan fingerprint density at radius 1 is 0.882 bits per heavy atom. The number of phosphoric ester groups is 1. The molecular weight excluding hydrogens is 491 g/mol. The van der Waals surface area contributed by atoms with Crippen molar-refractivity contribution in [3.8, 4) is 0 Å². The summed E-state index contributed by atoms with van der Waals surface area (Å²) in [6.45, 7) is 2.69. The van der Waals surface area contributed by atoms with Crippen molar-refractivity contribution in [3.05, 3.63) is 71.8 Å². The number of unbranched alkanes of at least 4 members (excludes halogenated alkanes) is 1. The van der Waals surface area contributed by atoms with Crippen LogP contribution in [0.2, 0.25) is 0 Å². The van der Waals surface area contributed by atoms with Gasteiger partial charge in [-0.05, 0) is 55.2 Å². The molecule has 1 fully saturated rings. The standard InChI is InChI=1S/C25H33O6PS2/c1-2-28-24(26)25(33-18-11-19-34-25)16-9-10-17-29-32(27,30-20-22-12-5-3-6-13-22)31-21-23-14-7-4-8-15-23/h3-8,12-15H,2,9-11,16-21H2,1H3. The molecule has 1 heterocycles. The lowest BCUT2D eigenvalue weighted by atomic mass is 10.2. The van der Waals surface area contributed by atoms with Crippen LogP contribution in [0.5, 0.6) is 0 Å². The summed E-state index contributed by atoms with van der Waals surface area (Å²) < 4.78 is 35.1. The van der Waals surface area contributed by atoms with E-state index in [1.54, 1.807) is 23.5 Å². The molecule has 3 rings (SSSR count). The zero-order chi connectivity index (χ0) is 24.1. The van der Waals surface area contributed by atoms with Crippen LogP contribution in [-0.4, -0.2) is 34.8 Å². The van der Waals surface area contributed by atoms with Crippen LogP contribution in [0.4, 0.5) is 0 Å². The number of hydrogen-bond acceptors (Lipinski definition) is 8. The number of carbonyl (C=O) groups is 1. The van der Waals surface area contributed by atoms with Crippen molar-refractivity contribution in [2.75, 3.05) is 24.7 Å². The molecule has 2 aromatic rings. The van der Waals surface area contributed by atoms with Gasteiger partial charge in [-0.2, -0.15) is 0 Å². The summed E-state index contributed by atoms with van der Waals surface area (Å²) in [4.78, 5) is 12.6. The maximum atomic E-state index is 13.3. The van der Waals surface area contributed by atoms with Gasteiger partial charge in [0.2, 0.25) is 0 Å². The average molecular weight is 525 g/mol. The van der Waals surface area contributed by atoms with Crippen LogP contribution in [0.3, 0.4) is 0 Å². The van der Waals surface area contributed by atoms with Crippen molar-refractivity contribution in [1.29, 1.82) is 0 Å². The molecule has 0 amide bonds. The van der Waals surface area contributed by atoms with Crippen LogP contribution in [0.25, 0.3) is 0 Å². The SMILES string of the molecule is CCOC(=O)C1(CCCCOP(=O)(OCc2ccccc2)OCc2ccccc2)SCCCS1. The van der Waals surface area contributed by atoms with Gasteiger partial charge in [0.15, 0.2) is 4.08 Å². The quantitative estimate of drug-likeness (QED) is 0.151. The van der Waals surface area contributed by atoms with E-state index in [1.807, 2.05) is 67.6 Å². The van der Waals surface area contributed by atoms with Gasteiger partial charge in [-0.15, -0.1) is 23.5 Å². The first-order valence-corrected chi connectivity index (χ1v) is 15.0. The normalized spacial score (nSPS) is 15.7. The lowest BCUT2D eigenvalue weighted by Crippen LogP contribution is -2.36. The molecular formula is C25H33O6PS2. The Bertz CT molecular complexity index is 859. The van der Waals surface area contributed by atoms with Crippen LogP contribution >= 0.6 is 31.3 Å². The number of benzene rings is 2. The minimum Gasteiger partial charge on any atom is -0.464 e. The molecule has 0 atom stereocenters. The Kier molecular flexibility index (Phi) is 11.5. The summed E-state index contributed by atoms with van der Waals surface area (Å²) in [6, 6.07) is 19.0. The van der Waals surface area contributed by atoms with Crippen LogP contribution in [0, 0.1) is 0 Å². The fourth-order valence-corrected chi connectivity index (χ4v) is 7.76. The monoisotopic (exact) mass is 524 g/mol. The van der Waals surface area contributed by atoms with Gasteiger partial charge in [0, 0.05) is 0 Å². The molecule has 0 spiro atoms. The van der Waals surface area contributed by atoms with Gasteiger partial charge in [0.1, 0.15) is 0 Å². The molecule has 0 saturated carbocycles. The van der Waals surface area contributed by atoms with E-state index in [4.69, 9.17) is 18.3 Å². The summed E-state index contributed by atoms with van der Waals surface area (Å²) in [7, 11) is -3.77. The highest BCUT2D eigenvalue weighted by atomic mass is 32.2. The highest BCUT2D eigenvalue weighted by Gasteiger charge is 2.42. The first-order chi connectivity index (χ1) is 16.6. The summed E-state index contributed by atoms with van der Waals surface area (Å²) >= 11 is 3.35. The molecule has 1 aliphatic heterocycles. The van der Waals surface area contributed by atoms with Crippen molar-refractivity contribution in [3.63, 3.8) is 0 Å². The van der Waals surface area contributed by atoms with Gasteiger partial charge >= 0.3 is 13.8 Å². The van der Waals surface area contributed by atoms with Crippen LogP contribution in [0.1, 0.15) is 43.7 Å². The van der Waals surface area contributed by atoms with Gasteiger partial charge in [0.25, 0.3) is 0 Å². The minimum atomic E-state index is -3.77. The number of phosphoric acid groups is 1. The Balaban J connectivity index is 1.52. The number of esters is 1. The molecule has 0 aromatic heterocycles. The topological polar surface area (TPSA) is 71.1 Å². The van der Waals surface area contributed by atoms with Gasteiger partial charge in [0.05, 0.1) is 26.4 Å². The molecule has 0 radical (unpaired) electrons. The van der Waals surface area contributed by atoms with Crippen LogP contribution in [0.15, 0.2) is 60.7 Å². The lowest BCUT2D eigenvalue weighted by Gasteiger charge is -2.33. The number of rotatable bonds is 14. The van der Waals surface area contributed by atoms with Crippen molar-refractivity contribution in [2.45, 2.75) is 49.9 Å². The molecule has 6 nitrogen and oxygen atoms in total. The smallest absolute Gasteiger partial charge is 0.464 e. The van der Waals surface area contributed by atoms with E-state index in [-0.39, 0.29) is 25.8 Å². The average Bonchev–Trinajstić information content (AvgIpc) is 2.88. The molecule has 34 heavy (non-hydrogen) atoms. The predicted molar refractivity (Wildman–Crippen MR) is 139 cm³/mol. The molecule has 2 aromatic carbocycles. The van der Waals surface area contributed by atoms with Gasteiger partial charge in [-0.3, -0.25) is 13.6 Å². The van der Waals surface area contributed by atoms with Crippen LogP contribution in [-0.2, 0) is 40.9 Å². The van der Waals surface area contributed by atoms with Crippen molar-refractivity contribution in [2.24, 2.45) is 0 Å². The second-order valence-corrected chi connectivity index (χ2v) is 12.5. The maximum Gasteiger partial charge on any atom is 0.475 e. The summed E-state index contributed by atoms with van der Waals surface area (Å²) in [5.74, 6) is 1.77. The maximum absolute atomic E-state index is 13.3. The third kappa shape index (κ3) is 8.74.